The summed E-state index contributed by atoms with van der Waals surface area (Å²) in [5, 5.41) is 34.5. The smallest absolute Gasteiger partial charge is 0.246 e. The Labute approximate surface area is 259 Å². The van der Waals surface area contributed by atoms with Crippen LogP contribution in [0.2, 0.25) is 0 Å². The summed E-state index contributed by atoms with van der Waals surface area (Å²) in [5.74, 6) is 2.29. The van der Waals surface area contributed by atoms with Crippen LogP contribution in [0.5, 0.6) is 5.88 Å². The van der Waals surface area contributed by atoms with Gasteiger partial charge in [-0.1, -0.05) is 5.16 Å². The number of rotatable bonds is 6. The first-order valence-corrected chi connectivity index (χ1v) is 16.5. The van der Waals surface area contributed by atoms with Gasteiger partial charge in [-0.2, -0.15) is 5.26 Å². The number of nitrogens with two attached hydrogens (primary N) is 1. The number of anilines is 2. The van der Waals surface area contributed by atoms with Gasteiger partial charge in [0.25, 0.3) is 0 Å². The van der Waals surface area contributed by atoms with Crippen molar-refractivity contribution in [2.24, 2.45) is 0 Å². The molecule has 12 nitrogen and oxygen atoms in total. The zero-order valence-corrected chi connectivity index (χ0v) is 26.1. The number of aryl methyl sites for hydroxylation is 1. The lowest BCUT2D eigenvalue weighted by molar-refractivity contribution is 0.229. The van der Waals surface area contributed by atoms with Crippen molar-refractivity contribution in [2.45, 2.75) is 94.4 Å². The van der Waals surface area contributed by atoms with Crippen LogP contribution in [0.15, 0.2) is 4.52 Å². The second-order valence-corrected chi connectivity index (χ2v) is 14.0. The Balaban J connectivity index is 1.30. The van der Waals surface area contributed by atoms with Crippen molar-refractivity contribution in [1.82, 2.24) is 29.8 Å². The van der Waals surface area contributed by atoms with Crippen molar-refractivity contribution in [3.8, 4) is 23.5 Å². The molecule has 1 aliphatic heterocycles. The summed E-state index contributed by atoms with van der Waals surface area (Å²) in [6.07, 6.45) is 7.85. The highest BCUT2D eigenvalue weighted by Gasteiger charge is 2.49. The Morgan fingerprint density at radius 1 is 1.25 bits per heavy atom. The largest absolute Gasteiger partial charge is 0.479 e. The molecular weight excluding hydrogens is 578 g/mol. The number of nitrogen functional groups attached to an aromatic ring is 1. The van der Waals surface area contributed by atoms with E-state index in [-0.39, 0.29) is 12.1 Å². The molecule has 1 saturated heterocycles. The topological polar surface area (TPSA) is 164 Å². The minimum absolute atomic E-state index is 0.0413. The minimum Gasteiger partial charge on any atom is -0.479 e. The van der Waals surface area contributed by atoms with Crippen molar-refractivity contribution in [3.63, 3.8) is 0 Å². The van der Waals surface area contributed by atoms with Crippen molar-refractivity contribution in [2.75, 3.05) is 31.8 Å². The molecular formula is C31H37N9O3S. The van der Waals surface area contributed by atoms with E-state index in [0.717, 1.165) is 74.8 Å². The van der Waals surface area contributed by atoms with Gasteiger partial charge in [-0.15, -0.1) is 16.4 Å². The van der Waals surface area contributed by atoms with E-state index in [0.29, 0.717) is 57.3 Å². The number of nitriles is 1. The number of aliphatic hydroxyl groups is 1. The fourth-order valence-corrected chi connectivity index (χ4v) is 9.24. The number of hydrogen-bond donors (Lipinski definition) is 3. The van der Waals surface area contributed by atoms with Crippen LogP contribution in [-0.4, -0.2) is 73.8 Å². The van der Waals surface area contributed by atoms with Gasteiger partial charge in [0.2, 0.25) is 5.88 Å². The van der Waals surface area contributed by atoms with E-state index in [2.05, 4.69) is 35.4 Å². The van der Waals surface area contributed by atoms with Crippen molar-refractivity contribution in [1.29, 1.82) is 5.26 Å². The lowest BCUT2D eigenvalue weighted by Gasteiger charge is -2.39. The lowest BCUT2D eigenvalue weighted by atomic mass is 9.63. The maximum Gasteiger partial charge on any atom is 0.246 e. The molecule has 0 bridgehead atoms. The molecule has 0 radical (unpaired) electrons. The average Bonchev–Trinajstić information content (AvgIpc) is 3.48. The number of fused-ring (bicyclic) bond motifs is 5. The quantitative estimate of drug-likeness (QED) is 0.285. The van der Waals surface area contributed by atoms with Crippen LogP contribution >= 0.6 is 11.3 Å². The zero-order valence-electron chi connectivity index (χ0n) is 25.3. The van der Waals surface area contributed by atoms with Crippen LogP contribution in [0.25, 0.3) is 22.6 Å². The molecule has 230 valence electrons. The number of aliphatic hydroxyl groups excluding tert-OH is 1. The van der Waals surface area contributed by atoms with Gasteiger partial charge >= 0.3 is 0 Å². The van der Waals surface area contributed by atoms with E-state index in [1.165, 1.54) is 16.2 Å². The number of thiophene rings is 1. The molecule has 8 rings (SSSR count). The third-order valence-electron chi connectivity index (χ3n) is 10.4. The summed E-state index contributed by atoms with van der Waals surface area (Å²) in [5.41, 5.74) is 9.83. The SMILES string of the molecule is COc1nn([C@@H](C)[C@@H]2CCCN2C)c2nc(-c3noc4c3CCC[C@@]43CCCc4sc(N)c(C#N)c43)nc(N[C@H]3C[C@@H]3O)c12. The van der Waals surface area contributed by atoms with Gasteiger partial charge in [0.1, 0.15) is 22.3 Å². The highest BCUT2D eigenvalue weighted by atomic mass is 32.1. The van der Waals surface area contributed by atoms with Crippen LogP contribution in [0.1, 0.15) is 85.2 Å². The number of likely N-dealkylation sites (tertiary alicyclic amines) is 1. The molecule has 0 amide bonds. The van der Waals surface area contributed by atoms with Gasteiger partial charge < -0.3 is 30.3 Å². The van der Waals surface area contributed by atoms with Crippen LogP contribution in [0.3, 0.4) is 0 Å². The van der Waals surface area contributed by atoms with Crippen LogP contribution < -0.4 is 15.8 Å². The van der Waals surface area contributed by atoms with Gasteiger partial charge in [-0.3, -0.25) is 0 Å². The van der Waals surface area contributed by atoms with Gasteiger partial charge in [0.15, 0.2) is 22.9 Å². The van der Waals surface area contributed by atoms with Gasteiger partial charge in [0, 0.05) is 16.5 Å². The van der Waals surface area contributed by atoms with E-state index in [4.69, 9.17) is 30.1 Å². The molecule has 4 aromatic heterocycles. The summed E-state index contributed by atoms with van der Waals surface area (Å²) < 4.78 is 14.0. The number of likely N-dealkylation sites (N-methyl/N-ethyl adjacent to an activating group) is 1. The number of methoxy groups -OCH3 is 1. The Hall–Kier alpha value is -3.73. The predicted octanol–water partition coefficient (Wildman–Crippen LogP) is 4.16. The van der Waals surface area contributed by atoms with E-state index < -0.39 is 11.5 Å². The van der Waals surface area contributed by atoms with Crippen LogP contribution in [0, 0.1) is 11.3 Å². The van der Waals surface area contributed by atoms with Crippen LogP contribution in [0.4, 0.5) is 10.8 Å². The highest BCUT2D eigenvalue weighted by molar-refractivity contribution is 7.16. The predicted molar refractivity (Wildman–Crippen MR) is 166 cm³/mol. The fourth-order valence-electron chi connectivity index (χ4n) is 8.08. The first-order valence-electron chi connectivity index (χ1n) is 15.6. The number of nitrogens with zero attached hydrogens (tertiary/aromatic N) is 7. The Kier molecular flexibility index (Phi) is 6.41. The third kappa shape index (κ3) is 4.00. The summed E-state index contributed by atoms with van der Waals surface area (Å²) >= 11 is 1.54. The molecule has 5 heterocycles. The second-order valence-electron chi connectivity index (χ2n) is 12.9. The molecule has 3 aliphatic carbocycles. The third-order valence-corrected chi connectivity index (χ3v) is 11.5. The normalized spacial score (nSPS) is 26.8. The standard InChI is InChI=1S/C31H37N9O3S/c1-15(19-8-6-12-39(19)2)40-29-22(30(37-40)42-3)27(34-18-13-20(18)41)35-28(36-29)24-16-7-4-10-31(25(16)43-38-24)11-5-9-21-23(31)17(14-32)26(33)44-21/h15,18-20,41H,4-13,33H2,1-3H3,(H,34,35,36)/t15-,18-,19-,20-,31-/m0/s1. The van der Waals surface area contributed by atoms with Crippen molar-refractivity contribution in [3.05, 3.63) is 27.3 Å². The molecule has 1 saturated carbocycles. The van der Waals surface area contributed by atoms with Crippen molar-refractivity contribution < 1.29 is 14.4 Å². The molecule has 44 heavy (non-hydrogen) atoms. The number of ether oxygens (including phenoxy) is 1. The van der Waals surface area contributed by atoms with Crippen LogP contribution in [-0.2, 0) is 18.3 Å². The summed E-state index contributed by atoms with van der Waals surface area (Å²) in [6, 6.07) is 2.65. The molecule has 0 aromatic carbocycles. The first kappa shape index (κ1) is 27.8. The Morgan fingerprint density at radius 3 is 2.75 bits per heavy atom. The van der Waals surface area contributed by atoms with E-state index in [9.17, 15) is 10.4 Å². The van der Waals surface area contributed by atoms with E-state index in [1.54, 1.807) is 7.11 Å². The molecule has 5 atom stereocenters. The molecule has 4 aromatic rings. The fraction of sp³-hybridized carbons (Fsp3) is 0.581. The Morgan fingerprint density at radius 2 is 2.05 bits per heavy atom. The van der Waals surface area contributed by atoms with E-state index >= 15 is 0 Å². The molecule has 4 N–H and O–H groups in total. The zero-order chi connectivity index (χ0) is 30.3. The minimum atomic E-state index is -0.429. The summed E-state index contributed by atoms with van der Waals surface area (Å²) in [4.78, 5) is 13.7. The second kappa shape index (κ2) is 10.2. The molecule has 4 aliphatic rings. The van der Waals surface area contributed by atoms with Crippen molar-refractivity contribution >= 4 is 33.2 Å². The number of nitrogens with one attached hydrogen (secondary N) is 1. The lowest BCUT2D eigenvalue weighted by Crippen LogP contribution is -2.35. The summed E-state index contributed by atoms with van der Waals surface area (Å²) in [6.45, 7) is 3.23. The maximum atomic E-state index is 10.2. The Bertz CT molecular complexity index is 1820. The molecule has 1 spiro atoms. The van der Waals surface area contributed by atoms with Gasteiger partial charge in [0.05, 0.1) is 36.3 Å². The van der Waals surface area contributed by atoms with Gasteiger partial charge in [-0.05, 0) is 83.9 Å². The monoisotopic (exact) mass is 615 g/mol. The molecule has 2 fully saturated rings. The molecule has 0 unspecified atom stereocenters. The highest BCUT2D eigenvalue weighted by Crippen LogP contribution is 2.55. The molecule has 13 heteroatoms. The maximum absolute atomic E-state index is 10.2. The number of hydrogen-bond acceptors (Lipinski definition) is 12. The van der Waals surface area contributed by atoms with E-state index in [1.807, 2.05) is 4.68 Å². The number of aromatic nitrogens is 5. The first-order chi connectivity index (χ1) is 21.3. The summed E-state index contributed by atoms with van der Waals surface area (Å²) in [7, 11) is 3.77. The van der Waals surface area contributed by atoms with Gasteiger partial charge in [-0.25, -0.2) is 14.6 Å². The average molecular weight is 616 g/mol.